The summed E-state index contributed by atoms with van der Waals surface area (Å²) >= 11 is 0. The fourth-order valence-electron chi connectivity index (χ4n) is 3.04. The van der Waals surface area contributed by atoms with E-state index in [2.05, 4.69) is 11.8 Å². The Balaban J connectivity index is 2.30. The molecule has 0 radical (unpaired) electrons. The summed E-state index contributed by atoms with van der Waals surface area (Å²) in [5, 5.41) is 0. The van der Waals surface area contributed by atoms with Crippen LogP contribution in [0.2, 0.25) is 0 Å². The van der Waals surface area contributed by atoms with Crippen LogP contribution in [0.3, 0.4) is 0 Å². The van der Waals surface area contributed by atoms with Gasteiger partial charge >= 0.3 is 0 Å². The molecule has 0 heterocycles. The van der Waals surface area contributed by atoms with Gasteiger partial charge in [0.25, 0.3) is 0 Å². The van der Waals surface area contributed by atoms with E-state index in [9.17, 15) is 8.42 Å². The molecule has 0 spiro atoms. The third-order valence-corrected chi connectivity index (χ3v) is 5.20. The van der Waals surface area contributed by atoms with Crippen LogP contribution in [0.1, 0.15) is 39.0 Å². The summed E-state index contributed by atoms with van der Waals surface area (Å²) in [7, 11) is -3.20. The molecule has 4 nitrogen and oxygen atoms in total. The number of sulfone groups is 1. The maximum Gasteiger partial charge on any atom is 0.175 e. The van der Waals surface area contributed by atoms with E-state index in [0.717, 1.165) is 12.2 Å². The van der Waals surface area contributed by atoms with Crippen LogP contribution in [0.25, 0.3) is 0 Å². The number of nitrogens with two attached hydrogens (primary N) is 1. The third kappa shape index (κ3) is 3.26. The minimum absolute atomic E-state index is 0.290. The normalized spacial score (nSPS) is 17.1. The molecule has 1 fully saturated rings. The van der Waals surface area contributed by atoms with Crippen LogP contribution in [0, 0.1) is 0 Å². The molecule has 0 aliphatic heterocycles. The zero-order chi connectivity index (χ0) is 14.8. The molecular weight excluding hydrogens is 272 g/mol. The molecule has 0 amide bonds. The fourth-order valence-corrected chi connectivity index (χ4v) is 3.70. The Bertz CT molecular complexity index is 563. The number of hydrogen-bond acceptors (Lipinski definition) is 4. The molecule has 1 aromatic carbocycles. The van der Waals surface area contributed by atoms with Crippen molar-refractivity contribution in [2.45, 2.75) is 50.0 Å². The van der Waals surface area contributed by atoms with Crippen LogP contribution in [0.5, 0.6) is 0 Å². The summed E-state index contributed by atoms with van der Waals surface area (Å²) in [5.74, 6) is 0. The van der Waals surface area contributed by atoms with E-state index in [4.69, 9.17) is 5.73 Å². The molecule has 1 saturated carbocycles. The van der Waals surface area contributed by atoms with E-state index in [-0.39, 0.29) is 0 Å². The molecular formula is C15H24N2O2S. The second-order valence-electron chi connectivity index (χ2n) is 5.57. The van der Waals surface area contributed by atoms with E-state index in [1.807, 2.05) is 6.07 Å². The number of rotatable bonds is 4. The van der Waals surface area contributed by atoms with Crippen molar-refractivity contribution in [2.24, 2.45) is 0 Å². The van der Waals surface area contributed by atoms with Gasteiger partial charge in [-0.2, -0.15) is 0 Å². The molecule has 0 aromatic heterocycles. The highest BCUT2D eigenvalue weighted by Gasteiger charge is 2.22. The zero-order valence-electron chi connectivity index (χ0n) is 12.3. The second-order valence-corrected chi connectivity index (χ2v) is 7.59. The van der Waals surface area contributed by atoms with Crippen LogP contribution in [0.4, 0.5) is 11.4 Å². The maximum absolute atomic E-state index is 11.6. The summed E-state index contributed by atoms with van der Waals surface area (Å²) in [6, 6.07) is 5.62. The predicted octanol–water partition coefficient (Wildman–Crippen LogP) is 2.83. The van der Waals surface area contributed by atoms with Gasteiger partial charge in [0.05, 0.1) is 16.3 Å². The van der Waals surface area contributed by atoms with Crippen LogP contribution >= 0.6 is 0 Å². The van der Waals surface area contributed by atoms with E-state index < -0.39 is 9.84 Å². The maximum atomic E-state index is 11.6. The van der Waals surface area contributed by atoms with E-state index >= 15 is 0 Å². The Morgan fingerprint density at radius 3 is 2.40 bits per heavy atom. The largest absolute Gasteiger partial charge is 0.397 e. The van der Waals surface area contributed by atoms with Gasteiger partial charge < -0.3 is 10.6 Å². The molecule has 0 atom stereocenters. The van der Waals surface area contributed by atoms with Gasteiger partial charge in [-0.15, -0.1) is 0 Å². The van der Waals surface area contributed by atoms with Gasteiger partial charge in [0.1, 0.15) is 0 Å². The van der Waals surface area contributed by atoms with Crippen LogP contribution < -0.4 is 10.6 Å². The highest BCUT2D eigenvalue weighted by Crippen LogP contribution is 2.32. The van der Waals surface area contributed by atoms with Gasteiger partial charge in [0.15, 0.2) is 9.84 Å². The summed E-state index contributed by atoms with van der Waals surface area (Å²) < 4.78 is 23.1. The van der Waals surface area contributed by atoms with Crippen molar-refractivity contribution in [3.63, 3.8) is 0 Å². The van der Waals surface area contributed by atoms with Crippen molar-refractivity contribution >= 4 is 21.2 Å². The lowest BCUT2D eigenvalue weighted by Crippen LogP contribution is -2.37. The lowest BCUT2D eigenvalue weighted by Gasteiger charge is -2.36. The summed E-state index contributed by atoms with van der Waals surface area (Å²) in [5.41, 5.74) is 7.62. The molecule has 2 N–H and O–H groups in total. The lowest BCUT2D eigenvalue weighted by molar-refractivity contribution is 0.418. The predicted molar refractivity (Wildman–Crippen MR) is 83.9 cm³/mol. The summed E-state index contributed by atoms with van der Waals surface area (Å²) in [4.78, 5) is 2.61. The van der Waals surface area contributed by atoms with Crippen molar-refractivity contribution < 1.29 is 8.42 Å². The van der Waals surface area contributed by atoms with Gasteiger partial charge in [-0.1, -0.05) is 19.3 Å². The molecule has 1 aromatic rings. The Hall–Kier alpha value is -1.23. The number of nitrogens with zero attached hydrogens (tertiary/aromatic N) is 1. The lowest BCUT2D eigenvalue weighted by atomic mass is 9.93. The number of benzene rings is 1. The third-order valence-electron chi connectivity index (χ3n) is 4.09. The number of hydrogen-bond donors (Lipinski definition) is 1. The first-order valence-electron chi connectivity index (χ1n) is 7.29. The van der Waals surface area contributed by atoms with Gasteiger partial charge in [-0.25, -0.2) is 8.42 Å². The molecule has 5 heteroatoms. The van der Waals surface area contributed by atoms with Gasteiger partial charge in [0, 0.05) is 18.8 Å². The zero-order valence-corrected chi connectivity index (χ0v) is 13.1. The van der Waals surface area contributed by atoms with Crippen molar-refractivity contribution in [3.05, 3.63) is 18.2 Å². The van der Waals surface area contributed by atoms with Crippen molar-refractivity contribution in [3.8, 4) is 0 Å². The number of anilines is 2. The first-order valence-corrected chi connectivity index (χ1v) is 9.19. The van der Waals surface area contributed by atoms with Crippen molar-refractivity contribution in [1.82, 2.24) is 0 Å². The van der Waals surface area contributed by atoms with Crippen molar-refractivity contribution in [1.29, 1.82) is 0 Å². The van der Waals surface area contributed by atoms with E-state index in [1.165, 1.54) is 38.4 Å². The first-order chi connectivity index (χ1) is 9.43. The Morgan fingerprint density at radius 1 is 1.25 bits per heavy atom. The van der Waals surface area contributed by atoms with Crippen molar-refractivity contribution in [2.75, 3.05) is 23.4 Å². The molecule has 0 saturated heterocycles. The highest BCUT2D eigenvalue weighted by molar-refractivity contribution is 7.90. The average molecular weight is 296 g/mol. The quantitative estimate of drug-likeness (QED) is 0.868. The molecule has 112 valence electrons. The minimum atomic E-state index is -3.20. The van der Waals surface area contributed by atoms with E-state index in [0.29, 0.717) is 16.6 Å². The SMILES string of the molecule is CCN(c1ccc(S(C)(=O)=O)cc1N)C1CCCCC1. The fraction of sp³-hybridized carbons (Fsp3) is 0.600. The molecule has 1 aliphatic carbocycles. The topological polar surface area (TPSA) is 63.4 Å². The molecule has 1 aliphatic rings. The van der Waals surface area contributed by atoms with Gasteiger partial charge in [-0.3, -0.25) is 0 Å². The standard InChI is InChI=1S/C15H24N2O2S/c1-3-17(12-7-5-4-6-8-12)15-10-9-13(11-14(15)16)20(2,18)19/h9-12H,3-8,16H2,1-2H3. The highest BCUT2D eigenvalue weighted by atomic mass is 32.2. The molecule has 2 rings (SSSR count). The molecule has 0 unspecified atom stereocenters. The first kappa shape index (κ1) is 15.2. The van der Waals surface area contributed by atoms with Crippen LogP contribution in [-0.2, 0) is 9.84 Å². The smallest absolute Gasteiger partial charge is 0.175 e. The Labute approximate surface area is 121 Å². The van der Waals surface area contributed by atoms with Crippen LogP contribution in [-0.4, -0.2) is 27.3 Å². The summed E-state index contributed by atoms with van der Waals surface area (Å²) in [6.07, 6.45) is 7.45. The monoisotopic (exact) mass is 296 g/mol. The second kappa shape index (κ2) is 6.04. The molecule has 0 bridgehead atoms. The average Bonchev–Trinajstić information content (AvgIpc) is 2.41. The number of nitrogen functional groups attached to an aromatic ring is 1. The van der Waals surface area contributed by atoms with Crippen LogP contribution in [0.15, 0.2) is 23.1 Å². The minimum Gasteiger partial charge on any atom is -0.397 e. The Kier molecular flexibility index (Phi) is 4.58. The van der Waals surface area contributed by atoms with Gasteiger partial charge in [0.2, 0.25) is 0 Å². The van der Waals surface area contributed by atoms with E-state index in [1.54, 1.807) is 12.1 Å². The molecule has 20 heavy (non-hydrogen) atoms. The summed E-state index contributed by atoms with van der Waals surface area (Å²) in [6.45, 7) is 3.02. The van der Waals surface area contributed by atoms with Gasteiger partial charge in [-0.05, 0) is 38.0 Å². The Morgan fingerprint density at radius 2 is 1.90 bits per heavy atom.